The monoisotopic (exact) mass is 323 g/mol. The van der Waals surface area contributed by atoms with Crippen LogP contribution in [0.15, 0.2) is 49.1 Å². The number of hydrogen-bond acceptors (Lipinski definition) is 5. The van der Waals surface area contributed by atoms with Gasteiger partial charge in [0.05, 0.1) is 24.7 Å². The first-order valence-corrected chi connectivity index (χ1v) is 7.54. The van der Waals surface area contributed by atoms with Crippen molar-refractivity contribution >= 4 is 11.6 Å². The minimum absolute atomic E-state index is 0.229. The molecule has 0 saturated heterocycles. The first-order valence-electron chi connectivity index (χ1n) is 7.54. The summed E-state index contributed by atoms with van der Waals surface area (Å²) < 4.78 is 7.12. The number of amides is 1. The van der Waals surface area contributed by atoms with Crippen molar-refractivity contribution in [3.05, 3.63) is 60.4 Å². The number of ether oxygens (including phenoxy) is 1. The molecule has 0 unspecified atom stereocenters. The van der Waals surface area contributed by atoms with Gasteiger partial charge >= 0.3 is 0 Å². The van der Waals surface area contributed by atoms with Gasteiger partial charge in [-0.3, -0.25) is 9.36 Å². The summed E-state index contributed by atoms with van der Waals surface area (Å²) in [7, 11) is 0. The van der Waals surface area contributed by atoms with Crippen LogP contribution >= 0.6 is 0 Å². The summed E-state index contributed by atoms with van der Waals surface area (Å²) in [5.74, 6) is 1.80. The smallest absolute Gasteiger partial charge is 0.255 e. The molecule has 0 atom stereocenters. The molecule has 122 valence electrons. The second kappa shape index (κ2) is 6.91. The van der Waals surface area contributed by atoms with E-state index in [0.717, 1.165) is 11.6 Å². The summed E-state index contributed by atoms with van der Waals surface area (Å²) in [5, 5.41) is 2.77. The highest BCUT2D eigenvalue weighted by atomic mass is 16.5. The highest BCUT2D eigenvalue weighted by Gasteiger charge is 2.08. The first kappa shape index (κ1) is 15.7. The number of imidazole rings is 1. The Balaban J connectivity index is 1.69. The summed E-state index contributed by atoms with van der Waals surface area (Å²) in [5.41, 5.74) is 1.06. The highest BCUT2D eigenvalue weighted by Crippen LogP contribution is 2.14. The molecular weight excluding hydrogens is 306 g/mol. The van der Waals surface area contributed by atoms with Crippen LogP contribution in [0.3, 0.4) is 0 Å². The van der Waals surface area contributed by atoms with Gasteiger partial charge in [-0.05, 0) is 38.1 Å². The number of nitrogens with one attached hydrogen (secondary N) is 1. The van der Waals surface area contributed by atoms with Crippen LogP contribution in [0.1, 0.15) is 23.1 Å². The van der Waals surface area contributed by atoms with E-state index < -0.39 is 0 Å². The SMILES string of the molecule is CCOc1ccc(C(=O)Nc2cnc(-n3ccnc3C)nc2)cc1. The zero-order valence-corrected chi connectivity index (χ0v) is 13.4. The lowest BCUT2D eigenvalue weighted by atomic mass is 10.2. The van der Waals surface area contributed by atoms with E-state index in [4.69, 9.17) is 4.74 Å². The van der Waals surface area contributed by atoms with Crippen molar-refractivity contribution in [2.24, 2.45) is 0 Å². The highest BCUT2D eigenvalue weighted by molar-refractivity contribution is 6.04. The Morgan fingerprint density at radius 2 is 1.88 bits per heavy atom. The van der Waals surface area contributed by atoms with Gasteiger partial charge in [0.15, 0.2) is 0 Å². The van der Waals surface area contributed by atoms with E-state index in [2.05, 4.69) is 20.3 Å². The van der Waals surface area contributed by atoms with E-state index in [1.165, 1.54) is 0 Å². The van der Waals surface area contributed by atoms with Gasteiger partial charge < -0.3 is 10.1 Å². The molecule has 0 bridgehead atoms. The molecular formula is C17H17N5O2. The molecule has 0 fully saturated rings. The van der Waals surface area contributed by atoms with Gasteiger partial charge in [-0.1, -0.05) is 0 Å². The zero-order chi connectivity index (χ0) is 16.9. The molecule has 3 aromatic rings. The number of rotatable bonds is 5. The van der Waals surface area contributed by atoms with E-state index in [0.29, 0.717) is 23.8 Å². The Morgan fingerprint density at radius 1 is 1.17 bits per heavy atom. The molecule has 24 heavy (non-hydrogen) atoms. The minimum atomic E-state index is -0.229. The number of aryl methyl sites for hydroxylation is 1. The molecule has 7 nitrogen and oxygen atoms in total. The maximum atomic E-state index is 12.2. The van der Waals surface area contributed by atoms with Gasteiger partial charge in [0.25, 0.3) is 5.91 Å². The van der Waals surface area contributed by atoms with Gasteiger partial charge in [-0.15, -0.1) is 0 Å². The molecule has 1 N–H and O–H groups in total. The lowest BCUT2D eigenvalue weighted by molar-refractivity contribution is 0.102. The van der Waals surface area contributed by atoms with E-state index in [1.807, 2.05) is 13.8 Å². The molecule has 0 spiro atoms. The topological polar surface area (TPSA) is 81.9 Å². The Bertz CT molecular complexity index is 825. The predicted octanol–water partition coefficient (Wildman–Crippen LogP) is 2.62. The van der Waals surface area contributed by atoms with Crippen molar-refractivity contribution in [1.82, 2.24) is 19.5 Å². The second-order valence-corrected chi connectivity index (χ2v) is 5.03. The molecule has 7 heteroatoms. The van der Waals surface area contributed by atoms with E-state index >= 15 is 0 Å². The Morgan fingerprint density at radius 3 is 2.46 bits per heavy atom. The molecule has 2 aromatic heterocycles. The van der Waals surface area contributed by atoms with Crippen molar-refractivity contribution < 1.29 is 9.53 Å². The molecule has 0 aliphatic heterocycles. The normalized spacial score (nSPS) is 10.4. The maximum Gasteiger partial charge on any atom is 0.255 e. The Labute approximate surface area is 139 Å². The fourth-order valence-corrected chi connectivity index (χ4v) is 2.17. The quantitative estimate of drug-likeness (QED) is 0.780. The van der Waals surface area contributed by atoms with Crippen LogP contribution < -0.4 is 10.1 Å². The number of anilines is 1. The van der Waals surface area contributed by atoms with Gasteiger partial charge in [0, 0.05) is 18.0 Å². The van der Waals surface area contributed by atoms with Gasteiger partial charge in [-0.25, -0.2) is 15.0 Å². The van der Waals surface area contributed by atoms with Gasteiger partial charge in [0.1, 0.15) is 11.6 Å². The van der Waals surface area contributed by atoms with Crippen molar-refractivity contribution in [1.29, 1.82) is 0 Å². The van der Waals surface area contributed by atoms with Crippen LogP contribution in [0.4, 0.5) is 5.69 Å². The molecule has 0 radical (unpaired) electrons. The standard InChI is InChI=1S/C17H17N5O2/c1-3-24-15-6-4-13(5-7-15)16(23)21-14-10-19-17(20-11-14)22-9-8-18-12(22)2/h4-11H,3H2,1-2H3,(H,21,23). The third-order valence-corrected chi connectivity index (χ3v) is 3.36. The first-order chi connectivity index (χ1) is 11.7. The minimum Gasteiger partial charge on any atom is -0.494 e. The van der Waals surface area contributed by atoms with Crippen LogP contribution in [0.2, 0.25) is 0 Å². The summed E-state index contributed by atoms with van der Waals surface area (Å²) in [6.07, 6.45) is 6.59. The number of nitrogens with zero attached hydrogens (tertiary/aromatic N) is 4. The molecule has 0 aliphatic rings. The fraction of sp³-hybridized carbons (Fsp3) is 0.176. The number of benzene rings is 1. The van der Waals surface area contributed by atoms with Crippen molar-refractivity contribution in [3.8, 4) is 11.7 Å². The summed E-state index contributed by atoms with van der Waals surface area (Å²) >= 11 is 0. The summed E-state index contributed by atoms with van der Waals surface area (Å²) in [6, 6.07) is 6.95. The largest absolute Gasteiger partial charge is 0.494 e. The molecule has 0 aliphatic carbocycles. The van der Waals surface area contributed by atoms with Crippen LogP contribution in [-0.2, 0) is 0 Å². The summed E-state index contributed by atoms with van der Waals surface area (Å²) in [6.45, 7) is 4.37. The number of aromatic nitrogens is 4. The predicted molar refractivity (Wildman–Crippen MR) is 89.5 cm³/mol. The van der Waals surface area contributed by atoms with Crippen molar-refractivity contribution in [3.63, 3.8) is 0 Å². The lowest BCUT2D eigenvalue weighted by Crippen LogP contribution is -2.13. The van der Waals surface area contributed by atoms with E-state index in [1.54, 1.807) is 53.6 Å². The second-order valence-electron chi connectivity index (χ2n) is 5.03. The average Bonchev–Trinajstić information content (AvgIpc) is 3.02. The fourth-order valence-electron chi connectivity index (χ4n) is 2.17. The van der Waals surface area contributed by atoms with Crippen LogP contribution in [0.5, 0.6) is 5.75 Å². The third kappa shape index (κ3) is 3.40. The molecule has 0 saturated carbocycles. The van der Waals surface area contributed by atoms with Crippen LogP contribution in [0.25, 0.3) is 5.95 Å². The number of carbonyl (C=O) groups excluding carboxylic acids is 1. The summed E-state index contributed by atoms with van der Waals surface area (Å²) in [4.78, 5) is 24.8. The molecule has 2 heterocycles. The third-order valence-electron chi connectivity index (χ3n) is 3.36. The van der Waals surface area contributed by atoms with E-state index in [9.17, 15) is 4.79 Å². The van der Waals surface area contributed by atoms with Gasteiger partial charge in [0.2, 0.25) is 5.95 Å². The molecule has 3 rings (SSSR count). The van der Waals surface area contributed by atoms with Gasteiger partial charge in [-0.2, -0.15) is 0 Å². The number of carbonyl (C=O) groups is 1. The van der Waals surface area contributed by atoms with Crippen LogP contribution in [0, 0.1) is 6.92 Å². The van der Waals surface area contributed by atoms with Crippen molar-refractivity contribution in [2.45, 2.75) is 13.8 Å². The molecule has 1 aromatic carbocycles. The Hall–Kier alpha value is -3.22. The Kier molecular flexibility index (Phi) is 4.51. The van der Waals surface area contributed by atoms with Crippen LogP contribution in [-0.4, -0.2) is 32.0 Å². The average molecular weight is 323 g/mol. The maximum absolute atomic E-state index is 12.2. The van der Waals surface area contributed by atoms with Crippen molar-refractivity contribution in [2.75, 3.05) is 11.9 Å². The zero-order valence-electron chi connectivity index (χ0n) is 13.4. The lowest BCUT2D eigenvalue weighted by Gasteiger charge is -2.07. The van der Waals surface area contributed by atoms with E-state index in [-0.39, 0.29) is 5.91 Å². The molecule has 1 amide bonds. The number of hydrogen-bond donors (Lipinski definition) is 1.